The Balaban J connectivity index is 2.03. The lowest BCUT2D eigenvalue weighted by Gasteiger charge is -2.37. The van der Waals surface area contributed by atoms with E-state index in [0.29, 0.717) is 41.3 Å². The number of Topliss-reactive ketones (excluding diaryl/α,β-unsaturated/α-hetero) is 1. The molecule has 8 heteroatoms. The number of nitrogens with zero attached hydrogens (tertiary/aromatic N) is 2. The molecule has 3 rings (SSSR count). The molecule has 0 radical (unpaired) electrons. The minimum Gasteiger partial charge on any atom is -0.490 e. The summed E-state index contributed by atoms with van der Waals surface area (Å²) >= 11 is 0. The number of amides is 1. The Labute approximate surface area is 208 Å². The summed E-state index contributed by atoms with van der Waals surface area (Å²) in [6, 6.07) is 7.29. The molecule has 1 fully saturated rings. The number of carbonyl (C=O) groups excluding carboxylic acids is 2. The second-order valence-corrected chi connectivity index (χ2v) is 10.3. The van der Waals surface area contributed by atoms with Crippen LogP contribution in [0.15, 0.2) is 24.3 Å². The number of methoxy groups -OCH3 is 1. The highest BCUT2D eigenvalue weighted by Crippen LogP contribution is 2.33. The Kier molecular flexibility index (Phi) is 9.08. The number of nitrogens with one attached hydrogen (secondary N) is 1. The van der Waals surface area contributed by atoms with Gasteiger partial charge in [0.15, 0.2) is 5.78 Å². The Morgan fingerprint density at radius 3 is 2.57 bits per heavy atom. The van der Waals surface area contributed by atoms with Crippen molar-refractivity contribution in [2.75, 3.05) is 40.0 Å². The van der Waals surface area contributed by atoms with Crippen LogP contribution >= 0.6 is 0 Å². The van der Waals surface area contributed by atoms with Crippen LogP contribution in [-0.4, -0.2) is 73.7 Å². The number of fused-ring (bicyclic) bond motifs is 1. The van der Waals surface area contributed by atoms with E-state index < -0.39 is 5.41 Å². The molecule has 0 spiro atoms. The molecule has 2 aromatic rings. The molecular weight excluding hydrogens is 446 g/mol. The number of benzene rings is 1. The number of hydrogen-bond donors (Lipinski definition) is 1. The predicted octanol–water partition coefficient (Wildman–Crippen LogP) is 3.86. The first-order valence-electron chi connectivity index (χ1n) is 12.4. The fourth-order valence-electron chi connectivity index (χ4n) is 4.16. The molecule has 8 nitrogen and oxygen atoms in total. The molecule has 0 saturated carbocycles. The van der Waals surface area contributed by atoms with Crippen LogP contribution in [0.5, 0.6) is 11.5 Å². The molecule has 2 heterocycles. The van der Waals surface area contributed by atoms with Crippen molar-refractivity contribution in [3.8, 4) is 11.5 Å². The molecule has 1 aliphatic heterocycles. The standard InChI is InChI=1S/C27H39N3O5/c1-18(2)30(19-9-8-12-28-16-19)26(32)21-15-23(34-14-13-33-6)20-10-7-11-22(25(20)29-21)35-17-24(31)27(3,4)5/h7,10-11,15,18-19,28H,8-9,12-14,16-17H2,1-6H3/t19-/m0/s1. The summed E-state index contributed by atoms with van der Waals surface area (Å²) in [5.41, 5.74) is 0.277. The van der Waals surface area contributed by atoms with E-state index >= 15 is 0 Å². The van der Waals surface area contributed by atoms with Crippen molar-refractivity contribution in [1.29, 1.82) is 0 Å². The van der Waals surface area contributed by atoms with E-state index in [-0.39, 0.29) is 30.4 Å². The number of para-hydroxylation sites is 1. The van der Waals surface area contributed by atoms with Crippen molar-refractivity contribution in [3.63, 3.8) is 0 Å². The van der Waals surface area contributed by atoms with Gasteiger partial charge in [-0.2, -0.15) is 0 Å². The number of ether oxygens (including phenoxy) is 3. The summed E-state index contributed by atoms with van der Waals surface area (Å²) in [5, 5.41) is 4.11. The van der Waals surface area contributed by atoms with Crippen LogP contribution in [0.1, 0.15) is 57.9 Å². The fourth-order valence-corrected chi connectivity index (χ4v) is 4.16. The third-order valence-corrected chi connectivity index (χ3v) is 6.18. The van der Waals surface area contributed by atoms with E-state index in [2.05, 4.69) is 5.32 Å². The van der Waals surface area contributed by atoms with Crippen molar-refractivity contribution >= 4 is 22.6 Å². The van der Waals surface area contributed by atoms with E-state index in [9.17, 15) is 9.59 Å². The van der Waals surface area contributed by atoms with Gasteiger partial charge in [-0.15, -0.1) is 0 Å². The van der Waals surface area contributed by atoms with Crippen molar-refractivity contribution < 1.29 is 23.8 Å². The van der Waals surface area contributed by atoms with Gasteiger partial charge in [0.2, 0.25) is 0 Å². The Hall–Kier alpha value is -2.71. The van der Waals surface area contributed by atoms with Crippen LogP contribution in [-0.2, 0) is 9.53 Å². The second kappa shape index (κ2) is 11.8. The van der Waals surface area contributed by atoms with E-state index in [0.717, 1.165) is 25.9 Å². The van der Waals surface area contributed by atoms with Gasteiger partial charge in [-0.05, 0) is 45.4 Å². The minimum absolute atomic E-state index is 0.0126. The third-order valence-electron chi connectivity index (χ3n) is 6.18. The molecule has 1 saturated heterocycles. The maximum Gasteiger partial charge on any atom is 0.273 e. The third kappa shape index (κ3) is 6.70. The summed E-state index contributed by atoms with van der Waals surface area (Å²) < 4.78 is 17.1. The Bertz CT molecular complexity index is 1030. The number of pyridine rings is 1. The molecule has 35 heavy (non-hydrogen) atoms. The molecule has 1 N–H and O–H groups in total. The number of piperidine rings is 1. The molecule has 1 amide bonds. The average Bonchev–Trinajstić information content (AvgIpc) is 2.82. The van der Waals surface area contributed by atoms with Gasteiger partial charge in [0.1, 0.15) is 35.9 Å². The molecule has 1 atom stereocenters. The van der Waals surface area contributed by atoms with Gasteiger partial charge < -0.3 is 24.4 Å². The van der Waals surface area contributed by atoms with E-state index in [1.54, 1.807) is 19.2 Å². The first-order chi connectivity index (χ1) is 16.6. The molecule has 0 aliphatic carbocycles. The van der Waals surface area contributed by atoms with Crippen LogP contribution in [0, 0.1) is 5.41 Å². The highest BCUT2D eigenvalue weighted by Gasteiger charge is 2.30. The molecule has 1 aromatic heterocycles. The normalized spacial score (nSPS) is 16.4. The fraction of sp³-hybridized carbons (Fsp3) is 0.593. The molecule has 192 valence electrons. The van der Waals surface area contributed by atoms with Crippen molar-refractivity contribution in [3.05, 3.63) is 30.0 Å². The summed E-state index contributed by atoms with van der Waals surface area (Å²) in [6.07, 6.45) is 1.97. The first kappa shape index (κ1) is 26.9. The van der Waals surface area contributed by atoms with Gasteiger partial charge >= 0.3 is 0 Å². The topological polar surface area (TPSA) is 90.0 Å². The molecule has 1 aromatic carbocycles. The van der Waals surface area contributed by atoms with Gasteiger partial charge in [0, 0.05) is 42.6 Å². The minimum atomic E-state index is -0.515. The SMILES string of the molecule is COCCOc1cc(C(=O)N(C(C)C)[C@H]2CCCNC2)nc2c(OCC(=O)C(C)(C)C)cccc12. The van der Waals surface area contributed by atoms with Crippen LogP contribution in [0.4, 0.5) is 0 Å². The number of rotatable bonds is 10. The number of hydrogen-bond acceptors (Lipinski definition) is 7. The molecular formula is C27H39N3O5. The van der Waals surface area contributed by atoms with Crippen molar-refractivity contribution in [2.24, 2.45) is 5.41 Å². The van der Waals surface area contributed by atoms with Gasteiger partial charge in [-0.3, -0.25) is 9.59 Å². The largest absolute Gasteiger partial charge is 0.490 e. The highest BCUT2D eigenvalue weighted by molar-refractivity contribution is 5.99. The maximum atomic E-state index is 13.8. The second-order valence-electron chi connectivity index (χ2n) is 10.3. The zero-order valence-electron chi connectivity index (χ0n) is 21.8. The lowest BCUT2D eigenvalue weighted by atomic mass is 9.91. The van der Waals surface area contributed by atoms with E-state index in [1.165, 1.54) is 0 Å². The lowest BCUT2D eigenvalue weighted by molar-refractivity contribution is -0.128. The van der Waals surface area contributed by atoms with Gasteiger partial charge in [0.05, 0.1) is 6.61 Å². The average molecular weight is 486 g/mol. The monoisotopic (exact) mass is 485 g/mol. The van der Waals surface area contributed by atoms with Crippen LogP contribution in [0.25, 0.3) is 10.9 Å². The number of carbonyl (C=O) groups is 2. The summed E-state index contributed by atoms with van der Waals surface area (Å²) in [6.45, 7) is 12.0. The quantitative estimate of drug-likeness (QED) is 0.511. The van der Waals surface area contributed by atoms with Crippen LogP contribution in [0.3, 0.4) is 0 Å². The number of aromatic nitrogens is 1. The Morgan fingerprint density at radius 1 is 1.17 bits per heavy atom. The summed E-state index contributed by atoms with van der Waals surface area (Å²) in [5.74, 6) is 0.817. The summed E-state index contributed by atoms with van der Waals surface area (Å²) in [7, 11) is 1.61. The van der Waals surface area contributed by atoms with Crippen LogP contribution < -0.4 is 14.8 Å². The lowest BCUT2D eigenvalue weighted by Crippen LogP contribution is -2.51. The van der Waals surface area contributed by atoms with Crippen LogP contribution in [0.2, 0.25) is 0 Å². The van der Waals surface area contributed by atoms with Gasteiger partial charge in [0.25, 0.3) is 5.91 Å². The molecule has 0 unspecified atom stereocenters. The van der Waals surface area contributed by atoms with Gasteiger partial charge in [-0.25, -0.2) is 4.98 Å². The van der Waals surface area contributed by atoms with Crippen molar-refractivity contribution in [2.45, 2.75) is 59.5 Å². The smallest absolute Gasteiger partial charge is 0.273 e. The number of ketones is 1. The Morgan fingerprint density at radius 2 is 1.94 bits per heavy atom. The zero-order chi connectivity index (χ0) is 25.6. The van der Waals surface area contributed by atoms with E-state index in [1.807, 2.05) is 51.7 Å². The van der Waals surface area contributed by atoms with Gasteiger partial charge in [-0.1, -0.05) is 26.8 Å². The summed E-state index contributed by atoms with van der Waals surface area (Å²) in [4.78, 5) is 32.9. The molecule has 0 bridgehead atoms. The zero-order valence-corrected chi connectivity index (χ0v) is 21.8. The first-order valence-corrected chi connectivity index (χ1v) is 12.4. The van der Waals surface area contributed by atoms with Crippen molar-refractivity contribution in [1.82, 2.24) is 15.2 Å². The maximum absolute atomic E-state index is 13.8. The molecule has 1 aliphatic rings. The van der Waals surface area contributed by atoms with E-state index in [4.69, 9.17) is 19.2 Å². The highest BCUT2D eigenvalue weighted by atomic mass is 16.5. The predicted molar refractivity (Wildman–Crippen MR) is 136 cm³/mol.